The Morgan fingerprint density at radius 3 is 1.19 bits per heavy atom. The lowest BCUT2D eigenvalue weighted by atomic mass is 9.92. The van der Waals surface area contributed by atoms with Crippen molar-refractivity contribution in [3.8, 4) is 0 Å². The fourth-order valence-corrected chi connectivity index (χ4v) is 6.14. The van der Waals surface area contributed by atoms with Crippen LogP contribution in [0.4, 0.5) is 0 Å². The van der Waals surface area contributed by atoms with Crippen LogP contribution in [0.5, 0.6) is 0 Å². The summed E-state index contributed by atoms with van der Waals surface area (Å²) in [6.45, 7) is 18.4. The molecule has 136 valence electrons. The standard InChI is InChI=1S/C24H28S2/c1-13-9-15-16(10-14(13)2)18-12-20(24(6,7)8)26-22(18)21-17(15)11-19(25-21)23(3,4)5/h9-12H,1-8H3. The zero-order chi connectivity index (χ0) is 19.0. The molecule has 0 radical (unpaired) electrons. The summed E-state index contributed by atoms with van der Waals surface area (Å²) in [5.74, 6) is 0. The second kappa shape index (κ2) is 5.56. The Bertz CT molecular complexity index is 1060. The number of fused-ring (bicyclic) bond motifs is 6. The Morgan fingerprint density at radius 1 is 0.538 bits per heavy atom. The maximum Gasteiger partial charge on any atom is 0.0530 e. The third kappa shape index (κ3) is 2.70. The molecule has 0 N–H and O–H groups in total. The van der Waals surface area contributed by atoms with Gasteiger partial charge >= 0.3 is 0 Å². The van der Waals surface area contributed by atoms with Crippen LogP contribution >= 0.6 is 22.7 Å². The Hall–Kier alpha value is -1.38. The second-order valence-electron chi connectivity index (χ2n) is 9.69. The minimum atomic E-state index is 0.187. The van der Waals surface area contributed by atoms with Crippen LogP contribution in [-0.2, 0) is 10.8 Å². The van der Waals surface area contributed by atoms with Crippen LogP contribution in [0.25, 0.3) is 30.9 Å². The molecular formula is C24H28S2. The predicted octanol–water partition coefficient (Wildman–Crippen LogP) is 8.48. The van der Waals surface area contributed by atoms with E-state index >= 15 is 0 Å². The lowest BCUT2D eigenvalue weighted by Crippen LogP contribution is -2.07. The van der Waals surface area contributed by atoms with Crippen molar-refractivity contribution in [3.63, 3.8) is 0 Å². The maximum absolute atomic E-state index is 2.45. The van der Waals surface area contributed by atoms with Gasteiger partial charge in [-0.1, -0.05) is 53.7 Å². The van der Waals surface area contributed by atoms with E-state index in [2.05, 4.69) is 79.7 Å². The highest BCUT2D eigenvalue weighted by Crippen LogP contribution is 2.47. The molecule has 0 fully saturated rings. The second-order valence-corrected chi connectivity index (χ2v) is 11.8. The molecule has 2 heteroatoms. The van der Waals surface area contributed by atoms with Gasteiger partial charge < -0.3 is 0 Å². The zero-order valence-electron chi connectivity index (χ0n) is 17.1. The fourth-order valence-electron chi connectivity index (χ4n) is 3.52. The third-order valence-electron chi connectivity index (χ3n) is 5.36. The molecule has 0 atom stereocenters. The number of rotatable bonds is 0. The molecule has 4 aromatic rings. The quantitative estimate of drug-likeness (QED) is 0.287. The molecule has 4 rings (SSSR count). The topological polar surface area (TPSA) is 0 Å². The number of hydrogen-bond acceptors (Lipinski definition) is 2. The van der Waals surface area contributed by atoms with Crippen LogP contribution < -0.4 is 0 Å². The minimum Gasteiger partial charge on any atom is -0.138 e. The van der Waals surface area contributed by atoms with E-state index in [1.165, 1.54) is 51.8 Å². The molecule has 2 aromatic carbocycles. The molecule has 0 nitrogen and oxygen atoms in total. The number of aryl methyl sites for hydroxylation is 2. The summed E-state index contributed by atoms with van der Waals surface area (Å²) in [7, 11) is 0. The lowest BCUT2D eigenvalue weighted by molar-refractivity contribution is 0.604. The van der Waals surface area contributed by atoms with Gasteiger partial charge in [-0.15, -0.1) is 22.7 Å². The number of thiophene rings is 2. The minimum absolute atomic E-state index is 0.187. The molecule has 0 aliphatic carbocycles. The molecule has 0 saturated heterocycles. The molecule has 0 aliphatic rings. The van der Waals surface area contributed by atoms with Gasteiger partial charge in [0.25, 0.3) is 0 Å². The number of benzene rings is 2. The molecule has 0 unspecified atom stereocenters. The molecule has 0 amide bonds. The van der Waals surface area contributed by atoms with Crippen molar-refractivity contribution in [3.05, 3.63) is 45.1 Å². The van der Waals surface area contributed by atoms with Crippen molar-refractivity contribution in [1.82, 2.24) is 0 Å². The monoisotopic (exact) mass is 380 g/mol. The van der Waals surface area contributed by atoms with Crippen LogP contribution in [0.1, 0.15) is 62.4 Å². The van der Waals surface area contributed by atoms with Crippen LogP contribution in [0.3, 0.4) is 0 Å². The Kier molecular flexibility index (Phi) is 3.85. The van der Waals surface area contributed by atoms with E-state index in [1.54, 1.807) is 0 Å². The maximum atomic E-state index is 2.45. The highest BCUT2D eigenvalue weighted by molar-refractivity contribution is 7.27. The first kappa shape index (κ1) is 18.0. The van der Waals surface area contributed by atoms with Crippen LogP contribution in [0, 0.1) is 13.8 Å². The molecule has 26 heavy (non-hydrogen) atoms. The zero-order valence-corrected chi connectivity index (χ0v) is 18.8. The highest BCUT2D eigenvalue weighted by Gasteiger charge is 2.23. The smallest absolute Gasteiger partial charge is 0.0530 e. The summed E-state index contributed by atoms with van der Waals surface area (Å²) in [5, 5.41) is 5.71. The van der Waals surface area contributed by atoms with Gasteiger partial charge in [-0.2, -0.15) is 0 Å². The molecular weight excluding hydrogens is 352 g/mol. The van der Waals surface area contributed by atoms with E-state index in [9.17, 15) is 0 Å². The van der Waals surface area contributed by atoms with Crippen molar-refractivity contribution in [1.29, 1.82) is 0 Å². The summed E-state index contributed by atoms with van der Waals surface area (Å²) >= 11 is 3.99. The van der Waals surface area contributed by atoms with Gasteiger partial charge in [0.15, 0.2) is 0 Å². The van der Waals surface area contributed by atoms with Crippen molar-refractivity contribution in [2.24, 2.45) is 0 Å². The van der Waals surface area contributed by atoms with E-state index < -0.39 is 0 Å². The molecule has 0 bridgehead atoms. The van der Waals surface area contributed by atoms with Crippen LogP contribution in [0.15, 0.2) is 24.3 Å². The fraction of sp³-hybridized carbons (Fsp3) is 0.417. The van der Waals surface area contributed by atoms with E-state index in [0.717, 1.165) is 0 Å². The molecule has 0 spiro atoms. The molecule has 0 aliphatic heterocycles. The highest BCUT2D eigenvalue weighted by atomic mass is 32.1. The summed E-state index contributed by atoms with van der Waals surface area (Å²) in [4.78, 5) is 2.95. The van der Waals surface area contributed by atoms with Gasteiger partial charge in [0, 0.05) is 20.5 Å². The van der Waals surface area contributed by atoms with E-state index in [1.807, 2.05) is 22.7 Å². The predicted molar refractivity (Wildman–Crippen MR) is 122 cm³/mol. The normalized spacial score (nSPS) is 13.4. The molecule has 0 saturated carbocycles. The van der Waals surface area contributed by atoms with Gasteiger partial charge in [-0.3, -0.25) is 0 Å². The van der Waals surface area contributed by atoms with Crippen LogP contribution in [0.2, 0.25) is 0 Å². The van der Waals surface area contributed by atoms with Crippen molar-refractivity contribution in [2.75, 3.05) is 0 Å². The van der Waals surface area contributed by atoms with Gasteiger partial charge in [0.05, 0.1) is 9.40 Å². The first-order valence-corrected chi connectivity index (χ1v) is 11.0. The first-order valence-electron chi connectivity index (χ1n) is 9.38. The van der Waals surface area contributed by atoms with Crippen molar-refractivity contribution in [2.45, 2.75) is 66.2 Å². The summed E-state index contributed by atoms with van der Waals surface area (Å²) in [6.07, 6.45) is 0. The average Bonchev–Trinajstić information content (AvgIpc) is 3.11. The first-order chi connectivity index (χ1) is 12.0. The van der Waals surface area contributed by atoms with Gasteiger partial charge in [-0.05, 0) is 58.7 Å². The Morgan fingerprint density at radius 2 is 0.885 bits per heavy atom. The SMILES string of the molecule is Cc1cc2c(cc1C)c1cc(C(C)(C)C)sc1c1sc(C(C)(C)C)cc21. The lowest BCUT2D eigenvalue weighted by Gasteiger charge is -2.15. The van der Waals surface area contributed by atoms with Crippen molar-refractivity contribution >= 4 is 53.6 Å². The van der Waals surface area contributed by atoms with Crippen molar-refractivity contribution < 1.29 is 0 Å². The molecule has 2 aromatic heterocycles. The van der Waals surface area contributed by atoms with Crippen LogP contribution in [-0.4, -0.2) is 0 Å². The third-order valence-corrected chi connectivity index (χ3v) is 8.65. The largest absolute Gasteiger partial charge is 0.138 e. The Labute approximate surface area is 164 Å². The Balaban J connectivity index is 2.25. The number of hydrogen-bond donors (Lipinski definition) is 0. The van der Waals surface area contributed by atoms with E-state index in [-0.39, 0.29) is 10.8 Å². The van der Waals surface area contributed by atoms with E-state index in [4.69, 9.17) is 0 Å². The van der Waals surface area contributed by atoms with Gasteiger partial charge in [0.2, 0.25) is 0 Å². The summed E-state index contributed by atoms with van der Waals surface area (Å²) in [6, 6.07) is 9.71. The molecule has 2 heterocycles. The van der Waals surface area contributed by atoms with E-state index in [0.29, 0.717) is 0 Å². The summed E-state index contributed by atoms with van der Waals surface area (Å²) < 4.78 is 2.95. The summed E-state index contributed by atoms with van der Waals surface area (Å²) in [5.41, 5.74) is 3.14. The average molecular weight is 381 g/mol. The van der Waals surface area contributed by atoms with Gasteiger partial charge in [-0.25, -0.2) is 0 Å². The van der Waals surface area contributed by atoms with Gasteiger partial charge in [0.1, 0.15) is 0 Å².